The molecule has 0 saturated carbocycles. The lowest BCUT2D eigenvalue weighted by Gasteiger charge is -2.15. The van der Waals surface area contributed by atoms with E-state index in [2.05, 4.69) is 20.4 Å². The van der Waals surface area contributed by atoms with Crippen molar-refractivity contribution in [1.29, 1.82) is 0 Å². The highest BCUT2D eigenvalue weighted by Gasteiger charge is 2.22. The fourth-order valence-electron chi connectivity index (χ4n) is 2.95. The van der Waals surface area contributed by atoms with E-state index >= 15 is 0 Å². The SMILES string of the molecule is O=C(COc1ccc(Cl)cc1)NC(Cc1ccccc1)c1nc(-c2cccnc2)no1. The molecule has 0 aliphatic heterocycles. The van der Waals surface area contributed by atoms with Gasteiger partial charge in [-0.1, -0.05) is 47.1 Å². The van der Waals surface area contributed by atoms with Crippen molar-refractivity contribution in [3.63, 3.8) is 0 Å². The van der Waals surface area contributed by atoms with Crippen LogP contribution in [-0.2, 0) is 11.2 Å². The molecule has 1 unspecified atom stereocenters. The molecule has 31 heavy (non-hydrogen) atoms. The summed E-state index contributed by atoms with van der Waals surface area (Å²) < 4.78 is 11.0. The Balaban J connectivity index is 1.48. The zero-order valence-corrected chi connectivity index (χ0v) is 17.2. The summed E-state index contributed by atoms with van der Waals surface area (Å²) in [6.45, 7) is -0.156. The molecule has 4 rings (SSSR count). The fraction of sp³-hybridized carbons (Fsp3) is 0.130. The van der Waals surface area contributed by atoms with E-state index < -0.39 is 6.04 Å². The second kappa shape index (κ2) is 9.86. The molecule has 0 radical (unpaired) electrons. The molecular formula is C23H19ClN4O3. The molecule has 1 atom stereocenters. The van der Waals surface area contributed by atoms with Gasteiger partial charge in [-0.25, -0.2) is 0 Å². The predicted molar refractivity (Wildman–Crippen MR) is 116 cm³/mol. The standard InChI is InChI=1S/C23H19ClN4O3/c24-18-8-10-19(11-9-18)30-15-21(29)26-20(13-16-5-2-1-3-6-16)23-27-22(28-31-23)17-7-4-12-25-14-17/h1-12,14,20H,13,15H2,(H,26,29). The maximum absolute atomic E-state index is 12.6. The number of pyridine rings is 1. The van der Waals surface area contributed by atoms with Crippen molar-refractivity contribution in [3.05, 3.63) is 95.6 Å². The third kappa shape index (κ3) is 5.67. The number of ether oxygens (including phenoxy) is 1. The van der Waals surface area contributed by atoms with Crippen molar-refractivity contribution in [2.45, 2.75) is 12.5 Å². The molecule has 8 heteroatoms. The van der Waals surface area contributed by atoms with Gasteiger partial charge < -0.3 is 14.6 Å². The van der Waals surface area contributed by atoms with Crippen LogP contribution in [0.15, 0.2) is 83.6 Å². The van der Waals surface area contributed by atoms with Gasteiger partial charge in [0.2, 0.25) is 11.7 Å². The van der Waals surface area contributed by atoms with Crippen LogP contribution in [0.1, 0.15) is 17.5 Å². The van der Waals surface area contributed by atoms with Gasteiger partial charge in [-0.3, -0.25) is 9.78 Å². The van der Waals surface area contributed by atoms with E-state index in [0.29, 0.717) is 28.9 Å². The Bertz CT molecular complexity index is 1120. The van der Waals surface area contributed by atoms with Crippen molar-refractivity contribution in [2.24, 2.45) is 0 Å². The molecule has 0 fully saturated rings. The Hall–Kier alpha value is -3.71. The first-order valence-electron chi connectivity index (χ1n) is 9.63. The van der Waals surface area contributed by atoms with Crippen molar-refractivity contribution < 1.29 is 14.1 Å². The smallest absolute Gasteiger partial charge is 0.258 e. The van der Waals surface area contributed by atoms with Crippen LogP contribution < -0.4 is 10.1 Å². The molecule has 2 aromatic heterocycles. The zero-order chi connectivity index (χ0) is 21.5. The van der Waals surface area contributed by atoms with Crippen molar-refractivity contribution in [3.8, 4) is 17.1 Å². The molecule has 1 amide bonds. The highest BCUT2D eigenvalue weighted by molar-refractivity contribution is 6.30. The molecule has 2 aromatic carbocycles. The summed E-state index contributed by atoms with van der Waals surface area (Å²) in [4.78, 5) is 21.1. The van der Waals surface area contributed by atoms with E-state index in [1.165, 1.54) is 0 Å². The topological polar surface area (TPSA) is 90.1 Å². The first-order valence-corrected chi connectivity index (χ1v) is 10.0. The molecule has 7 nitrogen and oxygen atoms in total. The number of amides is 1. The lowest BCUT2D eigenvalue weighted by atomic mass is 10.1. The van der Waals surface area contributed by atoms with Crippen LogP contribution in [0, 0.1) is 0 Å². The van der Waals surface area contributed by atoms with Crippen LogP contribution in [0.2, 0.25) is 5.02 Å². The summed E-state index contributed by atoms with van der Waals surface area (Å²) >= 11 is 5.87. The molecule has 0 spiro atoms. The first-order chi connectivity index (χ1) is 15.2. The van der Waals surface area contributed by atoms with Gasteiger partial charge in [-0.2, -0.15) is 4.98 Å². The van der Waals surface area contributed by atoms with E-state index in [0.717, 1.165) is 11.1 Å². The lowest BCUT2D eigenvalue weighted by molar-refractivity contribution is -0.124. The predicted octanol–water partition coefficient (Wildman–Crippen LogP) is 4.26. The molecule has 156 valence electrons. The van der Waals surface area contributed by atoms with Gasteiger partial charge in [0.25, 0.3) is 5.91 Å². The monoisotopic (exact) mass is 434 g/mol. The van der Waals surface area contributed by atoms with E-state index in [1.807, 2.05) is 36.4 Å². The average Bonchev–Trinajstić information content (AvgIpc) is 3.30. The summed E-state index contributed by atoms with van der Waals surface area (Å²) in [5.41, 5.74) is 1.75. The molecule has 2 heterocycles. The first kappa shape index (κ1) is 20.6. The van der Waals surface area contributed by atoms with Crippen molar-refractivity contribution in [2.75, 3.05) is 6.61 Å². The van der Waals surface area contributed by atoms with Crippen LogP contribution in [-0.4, -0.2) is 27.6 Å². The second-order valence-electron chi connectivity index (χ2n) is 6.75. The van der Waals surface area contributed by atoms with E-state index in [-0.39, 0.29) is 12.5 Å². The summed E-state index contributed by atoms with van der Waals surface area (Å²) in [5.74, 6) is 0.961. The number of hydrogen-bond acceptors (Lipinski definition) is 6. The normalized spacial score (nSPS) is 11.6. The minimum absolute atomic E-state index is 0.156. The second-order valence-corrected chi connectivity index (χ2v) is 7.19. The maximum atomic E-state index is 12.6. The lowest BCUT2D eigenvalue weighted by Crippen LogP contribution is -2.34. The largest absolute Gasteiger partial charge is 0.484 e. The average molecular weight is 435 g/mol. The number of aromatic nitrogens is 3. The highest BCUT2D eigenvalue weighted by Crippen LogP contribution is 2.21. The minimum Gasteiger partial charge on any atom is -0.484 e. The van der Waals surface area contributed by atoms with Gasteiger partial charge in [0.05, 0.1) is 0 Å². The number of halogens is 1. The molecule has 0 aliphatic rings. The Morgan fingerprint density at radius 1 is 1.06 bits per heavy atom. The van der Waals surface area contributed by atoms with Gasteiger partial charge >= 0.3 is 0 Å². The number of rotatable bonds is 8. The molecule has 1 N–H and O–H groups in total. The number of carbonyl (C=O) groups is 1. The van der Waals surface area contributed by atoms with Gasteiger partial charge in [-0.15, -0.1) is 0 Å². The number of benzene rings is 2. The van der Waals surface area contributed by atoms with E-state index in [1.54, 1.807) is 42.7 Å². The quantitative estimate of drug-likeness (QED) is 0.445. The Morgan fingerprint density at radius 2 is 1.87 bits per heavy atom. The van der Waals surface area contributed by atoms with E-state index in [9.17, 15) is 4.79 Å². The molecular weight excluding hydrogens is 416 g/mol. The molecule has 0 bridgehead atoms. The third-order valence-electron chi connectivity index (χ3n) is 4.46. The number of nitrogens with one attached hydrogen (secondary N) is 1. The molecule has 0 saturated heterocycles. The summed E-state index contributed by atoms with van der Waals surface area (Å²) in [5, 5.41) is 7.56. The fourth-order valence-corrected chi connectivity index (χ4v) is 3.08. The molecule has 0 aliphatic carbocycles. The Labute approximate surface area is 184 Å². The van der Waals surface area contributed by atoms with Crippen LogP contribution in [0.4, 0.5) is 0 Å². The minimum atomic E-state index is -0.512. The van der Waals surface area contributed by atoms with Crippen LogP contribution in [0.5, 0.6) is 5.75 Å². The summed E-state index contributed by atoms with van der Waals surface area (Å²) in [6.07, 6.45) is 3.81. The summed E-state index contributed by atoms with van der Waals surface area (Å²) in [7, 11) is 0. The third-order valence-corrected chi connectivity index (χ3v) is 4.71. The van der Waals surface area contributed by atoms with Gasteiger partial charge in [0.1, 0.15) is 11.8 Å². The van der Waals surface area contributed by atoms with Crippen LogP contribution in [0.3, 0.4) is 0 Å². The Kier molecular flexibility index (Phi) is 6.54. The van der Waals surface area contributed by atoms with Crippen LogP contribution in [0.25, 0.3) is 11.4 Å². The van der Waals surface area contributed by atoms with E-state index in [4.69, 9.17) is 20.9 Å². The number of hydrogen-bond donors (Lipinski definition) is 1. The zero-order valence-electron chi connectivity index (χ0n) is 16.4. The Morgan fingerprint density at radius 3 is 2.61 bits per heavy atom. The number of nitrogens with zero attached hydrogens (tertiary/aromatic N) is 3. The van der Waals surface area contributed by atoms with Crippen molar-refractivity contribution in [1.82, 2.24) is 20.4 Å². The van der Waals surface area contributed by atoms with Crippen molar-refractivity contribution >= 4 is 17.5 Å². The van der Waals surface area contributed by atoms with Gasteiger partial charge in [-0.05, 0) is 42.0 Å². The molecule has 4 aromatic rings. The maximum Gasteiger partial charge on any atom is 0.258 e. The summed E-state index contributed by atoms with van der Waals surface area (Å²) in [6, 6.07) is 19.7. The van der Waals surface area contributed by atoms with Gasteiger partial charge in [0, 0.05) is 29.4 Å². The highest BCUT2D eigenvalue weighted by atomic mass is 35.5. The van der Waals surface area contributed by atoms with Gasteiger partial charge in [0.15, 0.2) is 6.61 Å². The van der Waals surface area contributed by atoms with Crippen LogP contribution >= 0.6 is 11.6 Å². The number of carbonyl (C=O) groups excluding carboxylic acids is 1.